The first-order valence-corrected chi connectivity index (χ1v) is 9.07. The van der Waals surface area contributed by atoms with E-state index < -0.39 is 16.1 Å². The SMILES string of the molecule is CCS(=O)(=O)Nc1ccc(NC(=O)C(NC)c2cnn(C)c2)cc1. The first-order chi connectivity index (χ1) is 11.3. The zero-order valence-electron chi connectivity index (χ0n) is 13.8. The molecule has 0 aliphatic rings. The lowest BCUT2D eigenvalue weighted by atomic mass is 10.1. The molecule has 9 heteroatoms. The third kappa shape index (κ3) is 4.56. The molecule has 1 unspecified atom stereocenters. The molecule has 1 aromatic carbocycles. The summed E-state index contributed by atoms with van der Waals surface area (Å²) in [6, 6.07) is 5.95. The highest BCUT2D eigenvalue weighted by atomic mass is 32.2. The summed E-state index contributed by atoms with van der Waals surface area (Å²) >= 11 is 0. The summed E-state index contributed by atoms with van der Waals surface area (Å²) < 4.78 is 27.1. The summed E-state index contributed by atoms with van der Waals surface area (Å²) in [6.45, 7) is 1.56. The minimum atomic E-state index is -3.32. The minimum absolute atomic E-state index is 0.000444. The van der Waals surface area contributed by atoms with Gasteiger partial charge in [0.05, 0.1) is 11.9 Å². The van der Waals surface area contributed by atoms with Crippen LogP contribution in [-0.4, -0.2) is 36.9 Å². The maximum Gasteiger partial charge on any atom is 0.246 e. The van der Waals surface area contributed by atoms with Crippen LogP contribution in [0.5, 0.6) is 0 Å². The Kier molecular flexibility index (Phi) is 5.58. The molecule has 0 saturated heterocycles. The molecule has 0 fully saturated rings. The van der Waals surface area contributed by atoms with Crippen LogP contribution in [0.25, 0.3) is 0 Å². The predicted octanol–water partition coefficient (Wildman–Crippen LogP) is 1.08. The number of aromatic nitrogens is 2. The van der Waals surface area contributed by atoms with Crippen molar-refractivity contribution in [3.8, 4) is 0 Å². The Bertz CT molecular complexity index is 799. The molecular formula is C15H21N5O3S. The number of hydrogen-bond donors (Lipinski definition) is 3. The Morgan fingerprint density at radius 1 is 1.25 bits per heavy atom. The molecule has 1 aromatic heterocycles. The fraction of sp³-hybridized carbons (Fsp3) is 0.333. The second-order valence-electron chi connectivity index (χ2n) is 5.24. The minimum Gasteiger partial charge on any atom is -0.324 e. The predicted molar refractivity (Wildman–Crippen MR) is 93.2 cm³/mol. The number of nitrogens with one attached hydrogen (secondary N) is 3. The zero-order chi connectivity index (χ0) is 17.7. The van der Waals surface area contributed by atoms with Crippen molar-refractivity contribution in [2.24, 2.45) is 7.05 Å². The zero-order valence-corrected chi connectivity index (χ0v) is 14.6. The molecule has 130 valence electrons. The number of nitrogens with zero attached hydrogens (tertiary/aromatic N) is 2. The van der Waals surface area contributed by atoms with Gasteiger partial charge in [-0.15, -0.1) is 0 Å². The highest BCUT2D eigenvalue weighted by Gasteiger charge is 2.20. The Morgan fingerprint density at radius 3 is 2.38 bits per heavy atom. The maximum absolute atomic E-state index is 12.4. The standard InChI is InChI=1S/C15H21N5O3S/c1-4-24(22,23)19-13-7-5-12(6-8-13)18-15(21)14(16-2)11-9-17-20(3)10-11/h5-10,14,16,19H,4H2,1-3H3,(H,18,21). The topological polar surface area (TPSA) is 105 Å². The lowest BCUT2D eigenvalue weighted by molar-refractivity contribution is -0.118. The number of anilines is 2. The highest BCUT2D eigenvalue weighted by Crippen LogP contribution is 2.18. The van der Waals surface area contributed by atoms with Crippen LogP contribution in [0.2, 0.25) is 0 Å². The van der Waals surface area contributed by atoms with E-state index in [2.05, 4.69) is 20.5 Å². The molecule has 24 heavy (non-hydrogen) atoms. The molecule has 0 aliphatic heterocycles. The quantitative estimate of drug-likeness (QED) is 0.692. The van der Waals surface area contributed by atoms with Crippen LogP contribution in [0.1, 0.15) is 18.5 Å². The van der Waals surface area contributed by atoms with Gasteiger partial charge in [-0.2, -0.15) is 5.10 Å². The van der Waals surface area contributed by atoms with E-state index in [0.29, 0.717) is 11.4 Å². The van der Waals surface area contributed by atoms with E-state index in [1.807, 2.05) is 0 Å². The van der Waals surface area contributed by atoms with Crippen molar-refractivity contribution in [2.45, 2.75) is 13.0 Å². The lowest BCUT2D eigenvalue weighted by Crippen LogP contribution is -2.30. The third-order valence-corrected chi connectivity index (χ3v) is 4.72. The number of benzene rings is 1. The van der Waals surface area contributed by atoms with E-state index in [-0.39, 0.29) is 11.7 Å². The molecule has 8 nitrogen and oxygen atoms in total. The summed E-state index contributed by atoms with van der Waals surface area (Å²) in [4.78, 5) is 12.4. The molecule has 1 heterocycles. The van der Waals surface area contributed by atoms with E-state index in [1.165, 1.54) is 0 Å². The smallest absolute Gasteiger partial charge is 0.246 e. The van der Waals surface area contributed by atoms with Crippen molar-refractivity contribution in [3.05, 3.63) is 42.2 Å². The number of likely N-dealkylation sites (N-methyl/N-ethyl adjacent to an activating group) is 1. The summed E-state index contributed by atoms with van der Waals surface area (Å²) in [5, 5.41) is 9.79. The third-order valence-electron chi connectivity index (χ3n) is 3.41. The van der Waals surface area contributed by atoms with Crippen molar-refractivity contribution in [1.29, 1.82) is 0 Å². The fourth-order valence-electron chi connectivity index (χ4n) is 2.13. The number of amides is 1. The van der Waals surface area contributed by atoms with Crippen molar-refractivity contribution in [2.75, 3.05) is 22.8 Å². The van der Waals surface area contributed by atoms with Crippen LogP contribution in [0.4, 0.5) is 11.4 Å². The van der Waals surface area contributed by atoms with Crippen molar-refractivity contribution in [3.63, 3.8) is 0 Å². The van der Waals surface area contributed by atoms with Gasteiger partial charge in [0.1, 0.15) is 6.04 Å². The van der Waals surface area contributed by atoms with Crippen LogP contribution in [-0.2, 0) is 21.9 Å². The number of sulfonamides is 1. The van der Waals surface area contributed by atoms with E-state index in [9.17, 15) is 13.2 Å². The molecule has 0 bridgehead atoms. The molecule has 2 aromatic rings. The fourth-order valence-corrected chi connectivity index (χ4v) is 2.77. The number of aryl methyl sites for hydroxylation is 1. The van der Waals surface area contributed by atoms with Gasteiger partial charge in [-0.1, -0.05) is 0 Å². The first kappa shape index (κ1) is 18.0. The second kappa shape index (κ2) is 7.45. The van der Waals surface area contributed by atoms with Crippen LogP contribution >= 0.6 is 0 Å². The van der Waals surface area contributed by atoms with Gasteiger partial charge < -0.3 is 10.6 Å². The Hall–Kier alpha value is -2.39. The van der Waals surface area contributed by atoms with E-state index in [0.717, 1.165) is 5.56 Å². The van der Waals surface area contributed by atoms with Crippen molar-refractivity contribution in [1.82, 2.24) is 15.1 Å². The van der Waals surface area contributed by atoms with Crippen LogP contribution in [0, 0.1) is 0 Å². The Morgan fingerprint density at radius 2 is 1.88 bits per heavy atom. The molecule has 2 rings (SSSR count). The number of rotatable bonds is 7. The van der Waals surface area contributed by atoms with Crippen molar-refractivity contribution < 1.29 is 13.2 Å². The molecule has 3 N–H and O–H groups in total. The highest BCUT2D eigenvalue weighted by molar-refractivity contribution is 7.92. The average Bonchev–Trinajstić information content (AvgIpc) is 2.96. The molecular weight excluding hydrogens is 330 g/mol. The molecule has 0 spiro atoms. The van der Waals surface area contributed by atoms with Crippen LogP contribution in [0.3, 0.4) is 0 Å². The van der Waals surface area contributed by atoms with Gasteiger partial charge in [-0.25, -0.2) is 8.42 Å². The van der Waals surface area contributed by atoms with Gasteiger partial charge >= 0.3 is 0 Å². The van der Waals surface area contributed by atoms with Gasteiger partial charge in [0.15, 0.2) is 0 Å². The Labute approximate surface area is 141 Å². The summed E-state index contributed by atoms with van der Waals surface area (Å²) in [5.41, 5.74) is 1.78. The maximum atomic E-state index is 12.4. The van der Waals surface area contributed by atoms with Crippen LogP contribution in [0.15, 0.2) is 36.7 Å². The van der Waals surface area contributed by atoms with E-state index >= 15 is 0 Å². The monoisotopic (exact) mass is 351 g/mol. The molecule has 1 atom stereocenters. The van der Waals surface area contributed by atoms with E-state index in [1.54, 1.807) is 62.4 Å². The summed E-state index contributed by atoms with van der Waals surface area (Å²) in [7, 11) is 0.160. The largest absolute Gasteiger partial charge is 0.324 e. The van der Waals surface area contributed by atoms with Crippen molar-refractivity contribution >= 4 is 27.3 Å². The summed E-state index contributed by atoms with van der Waals surface area (Å²) in [6.07, 6.45) is 3.40. The first-order valence-electron chi connectivity index (χ1n) is 7.42. The molecule has 0 saturated carbocycles. The number of hydrogen-bond acceptors (Lipinski definition) is 5. The van der Waals surface area contributed by atoms with Gasteiger partial charge in [0, 0.05) is 30.2 Å². The lowest BCUT2D eigenvalue weighted by Gasteiger charge is -2.15. The summed E-state index contributed by atoms with van der Waals surface area (Å²) in [5.74, 6) is -0.229. The van der Waals surface area contributed by atoms with Gasteiger partial charge in [-0.3, -0.25) is 14.2 Å². The average molecular weight is 351 g/mol. The number of carbonyl (C=O) groups excluding carboxylic acids is 1. The van der Waals surface area contributed by atoms with Gasteiger partial charge in [-0.05, 0) is 38.2 Å². The number of carbonyl (C=O) groups is 1. The van der Waals surface area contributed by atoms with Crippen LogP contribution < -0.4 is 15.4 Å². The molecule has 0 aliphatic carbocycles. The second-order valence-corrected chi connectivity index (χ2v) is 7.25. The van der Waals surface area contributed by atoms with Gasteiger partial charge in [0.25, 0.3) is 0 Å². The molecule has 1 amide bonds. The normalized spacial score (nSPS) is 12.6. The van der Waals surface area contributed by atoms with E-state index in [4.69, 9.17) is 0 Å². The molecule has 0 radical (unpaired) electrons. The Balaban J connectivity index is 2.06. The van der Waals surface area contributed by atoms with Gasteiger partial charge in [0.2, 0.25) is 15.9 Å².